The van der Waals surface area contributed by atoms with E-state index < -0.39 is 0 Å². The number of ether oxygens (including phenoxy) is 1. The molecule has 1 atom stereocenters. The van der Waals surface area contributed by atoms with Crippen molar-refractivity contribution in [3.8, 4) is 0 Å². The van der Waals surface area contributed by atoms with Gasteiger partial charge in [0.05, 0.1) is 10.8 Å². The number of thioether (sulfide) groups is 1. The molecule has 0 aliphatic carbocycles. The molecule has 0 fully saturated rings. The summed E-state index contributed by atoms with van der Waals surface area (Å²) in [6.07, 6.45) is 3.50. The molecule has 0 bridgehead atoms. The Labute approximate surface area is 134 Å². The molecule has 2 rings (SSSR count). The van der Waals surface area contributed by atoms with Crippen molar-refractivity contribution in [2.24, 2.45) is 4.99 Å². The first kappa shape index (κ1) is 15.9. The fraction of sp³-hybridized carbons (Fsp3) is 0.562. The van der Waals surface area contributed by atoms with Crippen LogP contribution in [-0.2, 0) is 4.74 Å². The normalized spacial score (nSPS) is 18.4. The van der Waals surface area contributed by atoms with Crippen molar-refractivity contribution in [2.45, 2.75) is 48.8 Å². The maximum absolute atomic E-state index is 5.85. The SMILES string of the molecule is CC1(C)COC(C(CCCCBr)Sc2ccccc2)=N1. The zero-order valence-corrected chi connectivity index (χ0v) is 14.5. The predicted octanol–water partition coefficient (Wildman–Crippen LogP) is 4.92. The molecule has 1 aliphatic heterocycles. The lowest BCUT2D eigenvalue weighted by molar-refractivity contribution is 0.274. The van der Waals surface area contributed by atoms with Crippen LogP contribution in [0.3, 0.4) is 0 Å². The highest BCUT2D eigenvalue weighted by Crippen LogP contribution is 2.31. The van der Waals surface area contributed by atoms with Crippen molar-refractivity contribution >= 4 is 33.6 Å². The van der Waals surface area contributed by atoms with Crippen LogP contribution in [0.5, 0.6) is 0 Å². The van der Waals surface area contributed by atoms with Gasteiger partial charge in [-0.15, -0.1) is 11.8 Å². The summed E-state index contributed by atoms with van der Waals surface area (Å²) in [5, 5.41) is 1.40. The van der Waals surface area contributed by atoms with Gasteiger partial charge in [0.25, 0.3) is 0 Å². The first-order chi connectivity index (χ1) is 9.61. The van der Waals surface area contributed by atoms with E-state index >= 15 is 0 Å². The van der Waals surface area contributed by atoms with Crippen LogP contribution in [0, 0.1) is 0 Å². The molecule has 1 heterocycles. The average molecular weight is 356 g/mol. The van der Waals surface area contributed by atoms with Crippen LogP contribution in [0.1, 0.15) is 33.1 Å². The third kappa shape index (κ3) is 4.81. The van der Waals surface area contributed by atoms with Crippen molar-refractivity contribution in [3.63, 3.8) is 0 Å². The van der Waals surface area contributed by atoms with E-state index in [-0.39, 0.29) is 5.54 Å². The highest BCUT2D eigenvalue weighted by Gasteiger charge is 2.31. The second kappa shape index (κ2) is 7.51. The fourth-order valence-corrected chi connectivity index (χ4v) is 3.64. The van der Waals surface area contributed by atoms with Gasteiger partial charge in [0, 0.05) is 10.2 Å². The molecule has 0 N–H and O–H groups in total. The van der Waals surface area contributed by atoms with Gasteiger partial charge in [0.2, 0.25) is 0 Å². The Morgan fingerprint density at radius 3 is 2.65 bits per heavy atom. The Hall–Kier alpha value is -0.480. The molecule has 0 amide bonds. The van der Waals surface area contributed by atoms with Gasteiger partial charge in [0.1, 0.15) is 6.61 Å². The van der Waals surface area contributed by atoms with E-state index in [9.17, 15) is 0 Å². The number of rotatable bonds is 7. The third-order valence-electron chi connectivity index (χ3n) is 3.13. The van der Waals surface area contributed by atoms with Gasteiger partial charge in [-0.2, -0.15) is 0 Å². The minimum atomic E-state index is -0.0692. The Kier molecular flexibility index (Phi) is 5.97. The van der Waals surface area contributed by atoms with Crippen molar-refractivity contribution in [3.05, 3.63) is 30.3 Å². The largest absolute Gasteiger partial charge is 0.478 e. The van der Waals surface area contributed by atoms with Crippen LogP contribution in [0.2, 0.25) is 0 Å². The molecule has 1 aliphatic rings. The minimum absolute atomic E-state index is 0.0692. The lowest BCUT2D eigenvalue weighted by Crippen LogP contribution is -2.18. The van der Waals surface area contributed by atoms with Crippen LogP contribution in [0.4, 0.5) is 0 Å². The monoisotopic (exact) mass is 355 g/mol. The highest BCUT2D eigenvalue weighted by atomic mass is 79.9. The highest BCUT2D eigenvalue weighted by molar-refractivity contribution is 9.09. The second-order valence-electron chi connectivity index (χ2n) is 5.66. The van der Waals surface area contributed by atoms with E-state index in [0.29, 0.717) is 11.9 Å². The Balaban J connectivity index is 2.05. The van der Waals surface area contributed by atoms with Crippen LogP contribution in [0.15, 0.2) is 40.2 Å². The molecule has 110 valence electrons. The number of alkyl halides is 1. The van der Waals surface area contributed by atoms with Crippen LogP contribution >= 0.6 is 27.7 Å². The number of benzene rings is 1. The molecule has 2 nitrogen and oxygen atoms in total. The summed E-state index contributed by atoms with van der Waals surface area (Å²) in [6.45, 7) is 4.96. The Morgan fingerprint density at radius 2 is 2.05 bits per heavy atom. The lowest BCUT2D eigenvalue weighted by atomic mass is 10.1. The standard InChI is InChI=1S/C16H22BrNOS/c1-16(2)12-19-15(18-16)14(10-6-7-11-17)20-13-8-4-3-5-9-13/h3-5,8-9,14H,6-7,10-12H2,1-2H3. The van der Waals surface area contributed by atoms with E-state index in [2.05, 4.69) is 60.1 Å². The Bertz CT molecular complexity index is 447. The molecule has 0 radical (unpaired) electrons. The van der Waals surface area contributed by atoms with Crippen LogP contribution in [-0.4, -0.2) is 28.6 Å². The average Bonchev–Trinajstić information content (AvgIpc) is 2.79. The minimum Gasteiger partial charge on any atom is -0.478 e. The van der Waals surface area contributed by atoms with Gasteiger partial charge in [-0.05, 0) is 38.8 Å². The first-order valence-corrected chi connectivity index (χ1v) is 9.11. The molecule has 1 unspecified atom stereocenters. The number of hydrogen-bond donors (Lipinski definition) is 0. The van der Waals surface area contributed by atoms with Crippen LogP contribution in [0.25, 0.3) is 0 Å². The summed E-state index contributed by atoms with van der Waals surface area (Å²) in [7, 11) is 0. The lowest BCUT2D eigenvalue weighted by Gasteiger charge is -2.16. The number of nitrogens with zero attached hydrogens (tertiary/aromatic N) is 1. The molecule has 0 spiro atoms. The third-order valence-corrected chi connectivity index (χ3v) is 4.96. The summed E-state index contributed by atoms with van der Waals surface area (Å²) >= 11 is 5.37. The molecule has 1 aromatic rings. The number of unbranched alkanes of at least 4 members (excludes halogenated alkanes) is 1. The van der Waals surface area contributed by atoms with Crippen LogP contribution < -0.4 is 0 Å². The summed E-state index contributed by atoms with van der Waals surface area (Å²) in [5.74, 6) is 0.929. The zero-order chi connectivity index (χ0) is 14.4. The second-order valence-corrected chi connectivity index (χ2v) is 7.72. The molecule has 1 aromatic carbocycles. The van der Waals surface area contributed by atoms with E-state index in [0.717, 1.165) is 17.6 Å². The number of halogens is 1. The van der Waals surface area contributed by atoms with E-state index in [4.69, 9.17) is 9.73 Å². The van der Waals surface area contributed by atoms with E-state index in [1.165, 1.54) is 17.7 Å². The summed E-state index contributed by atoms with van der Waals surface area (Å²) in [6, 6.07) is 10.5. The zero-order valence-electron chi connectivity index (χ0n) is 12.1. The number of aliphatic imine (C=N–C) groups is 1. The maximum Gasteiger partial charge on any atom is 0.197 e. The molecular weight excluding hydrogens is 334 g/mol. The Morgan fingerprint density at radius 1 is 1.30 bits per heavy atom. The molecule has 0 saturated carbocycles. The van der Waals surface area contributed by atoms with Gasteiger partial charge in [-0.1, -0.05) is 40.5 Å². The molecule has 20 heavy (non-hydrogen) atoms. The smallest absolute Gasteiger partial charge is 0.197 e. The van der Waals surface area contributed by atoms with Gasteiger partial charge >= 0.3 is 0 Å². The van der Waals surface area contributed by atoms with E-state index in [1.807, 2.05) is 11.8 Å². The van der Waals surface area contributed by atoms with Gasteiger partial charge in [-0.25, -0.2) is 4.99 Å². The molecular formula is C16H22BrNOS. The molecule has 0 saturated heterocycles. The fourth-order valence-electron chi connectivity index (χ4n) is 2.10. The van der Waals surface area contributed by atoms with Crippen molar-refractivity contribution < 1.29 is 4.74 Å². The first-order valence-electron chi connectivity index (χ1n) is 7.11. The van der Waals surface area contributed by atoms with Crippen molar-refractivity contribution in [1.29, 1.82) is 0 Å². The summed E-state index contributed by atoms with van der Waals surface area (Å²) in [4.78, 5) is 6.04. The van der Waals surface area contributed by atoms with E-state index in [1.54, 1.807) is 0 Å². The molecule has 0 aromatic heterocycles. The van der Waals surface area contributed by atoms with Crippen molar-refractivity contribution in [1.82, 2.24) is 0 Å². The molecule has 4 heteroatoms. The van der Waals surface area contributed by atoms with Crippen molar-refractivity contribution in [2.75, 3.05) is 11.9 Å². The summed E-state index contributed by atoms with van der Waals surface area (Å²) < 4.78 is 5.85. The predicted molar refractivity (Wildman–Crippen MR) is 91.2 cm³/mol. The summed E-state index contributed by atoms with van der Waals surface area (Å²) in [5.41, 5.74) is -0.0692. The van der Waals surface area contributed by atoms with Gasteiger partial charge < -0.3 is 4.74 Å². The van der Waals surface area contributed by atoms with Gasteiger partial charge in [0.15, 0.2) is 5.90 Å². The topological polar surface area (TPSA) is 21.6 Å². The quantitative estimate of drug-likeness (QED) is 0.393. The number of hydrogen-bond acceptors (Lipinski definition) is 3. The van der Waals surface area contributed by atoms with Gasteiger partial charge in [-0.3, -0.25) is 0 Å². The maximum atomic E-state index is 5.85.